The van der Waals surface area contributed by atoms with Crippen molar-refractivity contribution in [2.24, 2.45) is 28.7 Å². The first-order valence-corrected chi connectivity index (χ1v) is 10.5. The molecule has 0 radical (unpaired) electrons. The molecule has 0 rings (SSSR count). The first-order valence-electron chi connectivity index (χ1n) is 10.5. The van der Waals surface area contributed by atoms with Gasteiger partial charge in [-0.15, -0.1) is 0 Å². The monoisotopic (exact) mass is 460 g/mol. The second-order valence-electron chi connectivity index (χ2n) is 7.48. The van der Waals surface area contributed by atoms with Gasteiger partial charge < -0.3 is 38.9 Å². The van der Waals surface area contributed by atoms with Crippen LogP contribution in [-0.2, 0) is 24.0 Å². The van der Waals surface area contributed by atoms with E-state index in [1.807, 2.05) is 0 Å². The Bertz CT molecular complexity index is 675. The third-order valence-corrected chi connectivity index (χ3v) is 5.08. The van der Waals surface area contributed by atoms with E-state index in [9.17, 15) is 29.1 Å². The van der Waals surface area contributed by atoms with Crippen LogP contribution in [0.25, 0.3) is 0 Å². The summed E-state index contributed by atoms with van der Waals surface area (Å²) in [6, 6.07) is -2.72. The molecule has 0 aliphatic carbocycles. The second-order valence-corrected chi connectivity index (χ2v) is 7.48. The predicted octanol–water partition coefficient (Wildman–Crippen LogP) is -2.53. The molecule has 32 heavy (non-hydrogen) atoms. The van der Waals surface area contributed by atoms with Crippen molar-refractivity contribution in [3.8, 4) is 0 Å². The summed E-state index contributed by atoms with van der Waals surface area (Å²) in [7, 11) is 0. The maximum atomic E-state index is 13.3. The molecule has 2 amide bonds. The molecular weight excluding hydrogens is 424 g/mol. The van der Waals surface area contributed by atoms with Crippen molar-refractivity contribution in [1.82, 2.24) is 4.90 Å². The fraction of sp³-hybridized carbons (Fsp3) is 0.737. The van der Waals surface area contributed by atoms with Crippen LogP contribution < -0.4 is 28.7 Å². The average molecular weight is 461 g/mol. The Labute approximate surface area is 186 Å². The van der Waals surface area contributed by atoms with Crippen LogP contribution in [0.1, 0.15) is 51.4 Å². The van der Waals surface area contributed by atoms with Gasteiger partial charge in [0, 0.05) is 6.42 Å². The summed E-state index contributed by atoms with van der Waals surface area (Å²) in [4.78, 5) is 62.9. The van der Waals surface area contributed by atoms with Gasteiger partial charge in [0.15, 0.2) is 5.78 Å². The molecule has 0 aromatic rings. The van der Waals surface area contributed by atoms with Gasteiger partial charge in [-0.05, 0) is 45.2 Å². The first kappa shape index (κ1) is 29.5. The summed E-state index contributed by atoms with van der Waals surface area (Å²) in [5, 5.41) is 19.2. The normalized spacial score (nSPS) is 14.8. The van der Waals surface area contributed by atoms with Gasteiger partial charge in [0.05, 0.1) is 18.6 Å². The molecular formula is C19H36N6O7. The van der Waals surface area contributed by atoms with Crippen LogP contribution in [-0.4, -0.2) is 81.9 Å². The third-order valence-electron chi connectivity index (χ3n) is 5.08. The largest absolute Gasteiger partial charge is 0.481 e. The van der Waals surface area contributed by atoms with Gasteiger partial charge in [-0.25, -0.2) is 4.79 Å². The Kier molecular flexibility index (Phi) is 13.5. The minimum atomic E-state index is -2.86. The standard InChI is InChI=1S/C19H36N6O7/c20-9-3-1-5-12(23)16(29)19(18(31)32,8-7-15(27)28)25(14(26)11-22)17(30)13(24)6-2-4-10-21/h12-13H,1-11,20-24H2,(H,27,28)(H,31,32). The van der Waals surface area contributed by atoms with Crippen LogP contribution in [0, 0.1) is 0 Å². The summed E-state index contributed by atoms with van der Waals surface area (Å²) >= 11 is 0. The number of rotatable bonds is 17. The molecule has 13 nitrogen and oxygen atoms in total. The fourth-order valence-corrected chi connectivity index (χ4v) is 3.30. The summed E-state index contributed by atoms with van der Waals surface area (Å²) in [5.74, 6) is -6.82. The predicted molar refractivity (Wildman–Crippen MR) is 115 cm³/mol. The van der Waals surface area contributed by atoms with E-state index in [2.05, 4.69) is 0 Å². The molecule has 0 saturated carbocycles. The number of carbonyl (C=O) groups excluding carboxylic acids is 3. The van der Waals surface area contributed by atoms with Crippen molar-refractivity contribution in [1.29, 1.82) is 0 Å². The number of ketones is 1. The zero-order valence-corrected chi connectivity index (χ0v) is 18.2. The highest BCUT2D eigenvalue weighted by atomic mass is 16.4. The van der Waals surface area contributed by atoms with Crippen LogP contribution >= 0.6 is 0 Å². The fourth-order valence-electron chi connectivity index (χ4n) is 3.30. The number of carboxylic acids is 2. The Morgan fingerprint density at radius 3 is 1.72 bits per heavy atom. The number of Topliss-reactive ketones (excluding diaryl/α,β-unsaturated/α-hetero) is 1. The number of aliphatic carboxylic acids is 2. The number of nitrogens with two attached hydrogens (primary N) is 5. The summed E-state index contributed by atoms with van der Waals surface area (Å²) in [6.45, 7) is -0.156. The number of carboxylic acid groups (broad SMARTS) is 2. The van der Waals surface area contributed by atoms with Crippen molar-refractivity contribution in [2.75, 3.05) is 19.6 Å². The molecule has 0 aliphatic heterocycles. The van der Waals surface area contributed by atoms with Crippen LogP contribution in [0.5, 0.6) is 0 Å². The summed E-state index contributed by atoms with van der Waals surface area (Å²) in [6.07, 6.45) is 0.221. The molecule has 0 aromatic heterocycles. The zero-order valence-electron chi connectivity index (χ0n) is 18.2. The lowest BCUT2D eigenvalue weighted by Crippen LogP contribution is -2.70. The van der Waals surface area contributed by atoms with Crippen molar-refractivity contribution in [2.45, 2.75) is 69.0 Å². The molecule has 0 aromatic carbocycles. The molecule has 12 N–H and O–H groups in total. The second kappa shape index (κ2) is 14.6. The third kappa shape index (κ3) is 7.91. The van der Waals surface area contributed by atoms with Gasteiger partial charge in [-0.2, -0.15) is 0 Å². The number of unbranched alkanes of at least 4 members (excludes halogenated alkanes) is 2. The van der Waals surface area contributed by atoms with Gasteiger partial charge in [0.2, 0.25) is 17.4 Å². The van der Waals surface area contributed by atoms with Crippen molar-refractivity contribution < 1.29 is 34.2 Å². The van der Waals surface area contributed by atoms with Gasteiger partial charge in [0.25, 0.3) is 0 Å². The maximum Gasteiger partial charge on any atom is 0.338 e. The highest BCUT2D eigenvalue weighted by Gasteiger charge is 2.57. The van der Waals surface area contributed by atoms with E-state index in [-0.39, 0.29) is 17.7 Å². The van der Waals surface area contributed by atoms with E-state index in [1.165, 1.54) is 0 Å². The van der Waals surface area contributed by atoms with E-state index in [0.29, 0.717) is 38.8 Å². The smallest absolute Gasteiger partial charge is 0.338 e. The number of imide groups is 1. The quantitative estimate of drug-likeness (QED) is 0.0875. The molecule has 0 saturated heterocycles. The highest BCUT2D eigenvalue weighted by molar-refractivity contribution is 6.17. The van der Waals surface area contributed by atoms with E-state index in [1.54, 1.807) is 0 Å². The topological polar surface area (TPSA) is 259 Å². The minimum Gasteiger partial charge on any atom is -0.481 e. The number of nitrogens with zero attached hydrogens (tertiary/aromatic N) is 1. The van der Waals surface area contributed by atoms with Crippen molar-refractivity contribution >= 4 is 29.5 Å². The van der Waals surface area contributed by atoms with Gasteiger partial charge >= 0.3 is 11.9 Å². The molecule has 13 heteroatoms. The van der Waals surface area contributed by atoms with E-state index < -0.39 is 66.5 Å². The van der Waals surface area contributed by atoms with Crippen LogP contribution in [0.3, 0.4) is 0 Å². The lowest BCUT2D eigenvalue weighted by molar-refractivity contribution is -0.172. The first-order chi connectivity index (χ1) is 15.0. The molecule has 184 valence electrons. The summed E-state index contributed by atoms with van der Waals surface area (Å²) < 4.78 is 0. The Balaban J connectivity index is 6.41. The molecule has 3 unspecified atom stereocenters. The zero-order chi connectivity index (χ0) is 24.9. The maximum absolute atomic E-state index is 13.3. The van der Waals surface area contributed by atoms with E-state index >= 15 is 0 Å². The minimum absolute atomic E-state index is 0.0273. The van der Waals surface area contributed by atoms with Crippen LogP contribution in [0.4, 0.5) is 0 Å². The van der Waals surface area contributed by atoms with Crippen LogP contribution in [0.2, 0.25) is 0 Å². The SMILES string of the molecule is NCCCCC(N)C(=O)N(C(=O)CN)C(CCC(=O)O)(C(=O)O)C(=O)C(N)CCCCN. The molecule has 0 aliphatic rings. The number of carbonyl (C=O) groups is 5. The highest BCUT2D eigenvalue weighted by Crippen LogP contribution is 2.28. The lowest BCUT2D eigenvalue weighted by atomic mass is 9.81. The van der Waals surface area contributed by atoms with E-state index in [4.69, 9.17) is 33.8 Å². The number of hydrogen-bond donors (Lipinski definition) is 7. The molecule has 0 heterocycles. The van der Waals surface area contributed by atoms with E-state index in [0.717, 1.165) is 0 Å². The molecule has 0 spiro atoms. The Morgan fingerprint density at radius 2 is 1.31 bits per heavy atom. The molecule has 0 fully saturated rings. The van der Waals surface area contributed by atoms with Gasteiger partial charge in [0.1, 0.15) is 0 Å². The molecule has 0 bridgehead atoms. The van der Waals surface area contributed by atoms with Crippen molar-refractivity contribution in [3.63, 3.8) is 0 Å². The number of amides is 2. The summed E-state index contributed by atoms with van der Waals surface area (Å²) in [5.41, 5.74) is 25.2. The Hall–Kier alpha value is -2.45. The number of hydrogen-bond acceptors (Lipinski definition) is 10. The Morgan fingerprint density at radius 1 is 0.812 bits per heavy atom. The van der Waals surface area contributed by atoms with Gasteiger partial charge in [-0.1, -0.05) is 12.8 Å². The molecule has 3 atom stereocenters. The van der Waals surface area contributed by atoms with Crippen molar-refractivity contribution in [3.05, 3.63) is 0 Å². The lowest BCUT2D eigenvalue weighted by Gasteiger charge is -2.40. The van der Waals surface area contributed by atoms with Gasteiger partial charge in [-0.3, -0.25) is 24.1 Å². The average Bonchev–Trinajstić information content (AvgIpc) is 2.75. The van der Waals surface area contributed by atoms with Crippen LogP contribution in [0.15, 0.2) is 0 Å².